The minimum Gasteiger partial charge on any atom is -0.417 e. The fourth-order valence-electron chi connectivity index (χ4n) is 9.74. The zero-order chi connectivity index (χ0) is 23.1. The average Bonchev–Trinajstić information content (AvgIpc) is 3.08. The Kier molecular flexibility index (Phi) is 7.64. The molecule has 0 heterocycles. The largest absolute Gasteiger partial charge is 0.417 e. The first-order valence-corrected chi connectivity index (χ1v) is 18.1. The van der Waals surface area contributed by atoms with Crippen molar-refractivity contribution in [3.63, 3.8) is 0 Å². The molecule has 0 bridgehead atoms. The Balaban J connectivity index is 1.32. The van der Waals surface area contributed by atoms with Gasteiger partial charge in [-0.1, -0.05) is 53.4 Å². The maximum absolute atomic E-state index is 6.17. The van der Waals surface area contributed by atoms with E-state index in [1.165, 1.54) is 44.9 Å². The van der Waals surface area contributed by atoms with Crippen LogP contribution in [-0.4, -0.2) is 14.9 Å². The molecule has 4 aliphatic carbocycles. The minimum atomic E-state index is -1.36. The van der Waals surface area contributed by atoms with E-state index in [4.69, 9.17) is 4.43 Å². The predicted octanol–water partition coefficient (Wildman–Crippen LogP) is 9.33. The number of rotatable bonds is 8. The summed E-state index contributed by atoms with van der Waals surface area (Å²) in [6, 6.07) is 0. The molecule has 0 spiro atoms. The Hall–Kier alpha value is 0.177. The second-order valence-corrected chi connectivity index (χ2v) is 19.1. The zero-order valence-corrected chi connectivity index (χ0v) is 23.8. The lowest BCUT2D eigenvalue weighted by atomic mass is 9.44. The third-order valence-electron chi connectivity index (χ3n) is 11.5. The van der Waals surface area contributed by atoms with Gasteiger partial charge in [-0.25, -0.2) is 0 Å². The Labute approximate surface area is 202 Å². The van der Waals surface area contributed by atoms with Crippen LogP contribution in [0.5, 0.6) is 0 Å². The molecular weight excluding hydrogens is 404 g/mol. The summed E-state index contributed by atoms with van der Waals surface area (Å²) in [5.74, 6) is 6.84. The van der Waals surface area contributed by atoms with E-state index in [0.29, 0.717) is 10.8 Å². The molecule has 186 valence electrons. The Morgan fingerprint density at radius 2 is 1.56 bits per heavy atom. The van der Waals surface area contributed by atoms with Gasteiger partial charge in [-0.3, -0.25) is 0 Å². The van der Waals surface area contributed by atoms with Crippen LogP contribution in [0.1, 0.15) is 111 Å². The third-order valence-corrected chi connectivity index (χ3v) is 12.5. The molecule has 1 nitrogen and oxygen atoms in total. The molecule has 0 aromatic heterocycles. The monoisotopic (exact) mass is 460 g/mol. The first-order valence-electron chi connectivity index (χ1n) is 14.7. The van der Waals surface area contributed by atoms with Crippen molar-refractivity contribution < 1.29 is 4.43 Å². The normalized spacial score (nSPS) is 43.8. The topological polar surface area (TPSA) is 9.23 Å². The summed E-state index contributed by atoms with van der Waals surface area (Å²) in [4.78, 5) is 0. The highest BCUT2D eigenvalue weighted by atomic mass is 28.4. The molecule has 0 saturated heterocycles. The second-order valence-electron chi connectivity index (χ2n) is 14.6. The molecule has 0 amide bonds. The van der Waals surface area contributed by atoms with Crippen molar-refractivity contribution in [3.05, 3.63) is 0 Å². The van der Waals surface area contributed by atoms with E-state index in [9.17, 15) is 0 Å². The van der Waals surface area contributed by atoms with Crippen LogP contribution < -0.4 is 0 Å². The molecule has 0 N–H and O–H groups in total. The Morgan fingerprint density at radius 1 is 0.812 bits per heavy atom. The predicted molar refractivity (Wildman–Crippen MR) is 141 cm³/mol. The summed E-state index contributed by atoms with van der Waals surface area (Å²) in [5, 5.41) is 0. The van der Waals surface area contributed by atoms with Gasteiger partial charge >= 0.3 is 0 Å². The first kappa shape index (κ1) is 25.3. The van der Waals surface area contributed by atoms with Crippen molar-refractivity contribution in [2.45, 2.75) is 131 Å². The van der Waals surface area contributed by atoms with Crippen LogP contribution >= 0.6 is 0 Å². The summed E-state index contributed by atoms with van der Waals surface area (Å²) in [6.07, 6.45) is 19.6. The molecule has 4 rings (SSSR count). The lowest BCUT2D eigenvalue weighted by molar-refractivity contribution is -0.114. The smallest absolute Gasteiger partial charge is 0.183 e. The van der Waals surface area contributed by atoms with Crippen molar-refractivity contribution in [1.82, 2.24) is 0 Å². The summed E-state index contributed by atoms with van der Waals surface area (Å²) in [6.45, 7) is 18.4. The molecular formula is C30H56OSi. The molecule has 0 aromatic carbocycles. The molecule has 32 heavy (non-hydrogen) atoms. The van der Waals surface area contributed by atoms with Gasteiger partial charge in [0.25, 0.3) is 0 Å². The van der Waals surface area contributed by atoms with E-state index in [-0.39, 0.29) is 0 Å². The van der Waals surface area contributed by atoms with E-state index < -0.39 is 8.32 Å². The molecule has 4 fully saturated rings. The van der Waals surface area contributed by atoms with Crippen molar-refractivity contribution in [3.8, 4) is 0 Å². The fourth-order valence-corrected chi connectivity index (χ4v) is 10.5. The summed E-state index contributed by atoms with van der Waals surface area (Å²) >= 11 is 0. The highest BCUT2D eigenvalue weighted by Crippen LogP contribution is 2.68. The van der Waals surface area contributed by atoms with Gasteiger partial charge in [-0.15, -0.1) is 0 Å². The molecule has 0 aromatic rings. The van der Waals surface area contributed by atoms with Crippen molar-refractivity contribution >= 4 is 8.32 Å². The van der Waals surface area contributed by atoms with Gasteiger partial charge in [-0.05, 0) is 130 Å². The van der Waals surface area contributed by atoms with E-state index in [2.05, 4.69) is 47.3 Å². The van der Waals surface area contributed by atoms with E-state index >= 15 is 0 Å². The average molecular weight is 461 g/mol. The molecule has 2 heteroatoms. The molecule has 9 atom stereocenters. The first-order chi connectivity index (χ1) is 15.0. The van der Waals surface area contributed by atoms with Crippen molar-refractivity contribution in [2.75, 3.05) is 6.61 Å². The van der Waals surface area contributed by atoms with Gasteiger partial charge in [0, 0.05) is 6.61 Å². The third kappa shape index (κ3) is 4.93. The van der Waals surface area contributed by atoms with Gasteiger partial charge in [0.05, 0.1) is 0 Å². The molecule has 4 aliphatic rings. The Bertz CT molecular complexity index is 625. The zero-order valence-electron chi connectivity index (χ0n) is 22.8. The van der Waals surface area contributed by atoms with Gasteiger partial charge in [-0.2, -0.15) is 0 Å². The molecule has 4 saturated carbocycles. The lowest BCUT2D eigenvalue weighted by Crippen LogP contribution is -2.53. The van der Waals surface area contributed by atoms with Crippen LogP contribution in [0.3, 0.4) is 0 Å². The van der Waals surface area contributed by atoms with Gasteiger partial charge < -0.3 is 4.43 Å². The van der Waals surface area contributed by atoms with Gasteiger partial charge in [0.2, 0.25) is 0 Å². The maximum atomic E-state index is 6.17. The standard InChI is InChI=1S/C30H56OSi/c1-22(21-31-32(5,6)7)11-10-12-23(2)26-16-17-27-25-15-14-24-13-8-9-19-29(24,3)28(25)18-20-30(26,27)4/h22-28H,8-21H2,1-7H3/t22?,23-,24?,25+,26-,27+,28+,29+,30-/m1/s1. The summed E-state index contributed by atoms with van der Waals surface area (Å²) in [5.41, 5.74) is 1.34. The van der Waals surface area contributed by atoms with Crippen LogP contribution in [0.25, 0.3) is 0 Å². The van der Waals surface area contributed by atoms with Gasteiger partial charge in [0.1, 0.15) is 0 Å². The van der Waals surface area contributed by atoms with E-state index in [0.717, 1.165) is 48.0 Å². The van der Waals surface area contributed by atoms with Crippen LogP contribution in [0, 0.1) is 52.3 Å². The Morgan fingerprint density at radius 3 is 2.31 bits per heavy atom. The quantitative estimate of drug-likeness (QED) is 0.328. The number of hydrogen-bond acceptors (Lipinski definition) is 1. The van der Waals surface area contributed by atoms with Crippen LogP contribution in [0.4, 0.5) is 0 Å². The lowest BCUT2D eigenvalue weighted by Gasteiger charge is -2.61. The maximum Gasteiger partial charge on any atom is 0.183 e. The summed E-state index contributed by atoms with van der Waals surface area (Å²) < 4.78 is 6.17. The molecule has 2 unspecified atom stereocenters. The molecule has 0 radical (unpaired) electrons. The fraction of sp³-hybridized carbons (Fsp3) is 1.00. The SMILES string of the molecule is CC(CCC[C@@H](C)[C@H]1CC[C@H]2[C@@H]3CCC4CCCC[C@]4(C)[C@H]3CC[C@]12C)CO[Si](C)(C)C. The molecule has 0 aliphatic heterocycles. The van der Waals surface area contributed by atoms with Crippen LogP contribution in [0.15, 0.2) is 0 Å². The number of fused-ring (bicyclic) bond motifs is 5. The van der Waals surface area contributed by atoms with Gasteiger partial charge in [0.15, 0.2) is 8.32 Å². The highest BCUT2D eigenvalue weighted by Gasteiger charge is 2.60. The second kappa shape index (κ2) is 9.67. The van der Waals surface area contributed by atoms with Crippen LogP contribution in [-0.2, 0) is 4.43 Å². The van der Waals surface area contributed by atoms with E-state index in [1.807, 2.05) is 0 Å². The number of hydrogen-bond donors (Lipinski definition) is 0. The van der Waals surface area contributed by atoms with Crippen LogP contribution in [0.2, 0.25) is 19.6 Å². The highest BCUT2D eigenvalue weighted by molar-refractivity contribution is 6.69. The minimum absolute atomic E-state index is 0.644. The summed E-state index contributed by atoms with van der Waals surface area (Å²) in [7, 11) is -1.36. The van der Waals surface area contributed by atoms with Crippen molar-refractivity contribution in [2.24, 2.45) is 52.3 Å². The van der Waals surface area contributed by atoms with Crippen molar-refractivity contribution in [1.29, 1.82) is 0 Å². The van der Waals surface area contributed by atoms with E-state index in [1.54, 1.807) is 38.5 Å².